The number of carbonyl (C=O) groups excluding carboxylic acids is 1. The average molecular weight is 500 g/mol. The van der Waals surface area contributed by atoms with E-state index in [1.807, 2.05) is 59.5 Å². The van der Waals surface area contributed by atoms with Crippen LogP contribution in [0.25, 0.3) is 0 Å². The first kappa shape index (κ1) is 21.3. The second-order valence-corrected chi connectivity index (χ2v) is 6.48. The van der Waals surface area contributed by atoms with Gasteiger partial charge in [-0.25, -0.2) is 4.99 Å². The molecule has 1 aliphatic rings. The summed E-state index contributed by atoms with van der Waals surface area (Å²) in [6, 6.07) is 17.1. The molecule has 3 N–H and O–H groups in total. The van der Waals surface area contributed by atoms with E-state index in [4.69, 9.17) is 17.3 Å². The Bertz CT molecular complexity index is 761. The Morgan fingerprint density at radius 2 is 1.67 bits per heavy atom. The number of amides is 1. The molecule has 0 aromatic heterocycles. The highest BCUT2D eigenvalue weighted by Crippen LogP contribution is 2.19. The zero-order valence-electron chi connectivity index (χ0n) is 14.8. The van der Waals surface area contributed by atoms with Crippen molar-refractivity contribution in [2.24, 2.45) is 10.7 Å². The van der Waals surface area contributed by atoms with Crippen molar-refractivity contribution in [1.29, 1.82) is 0 Å². The minimum absolute atomic E-state index is 0. The monoisotopic (exact) mass is 499 g/mol. The molecule has 1 heterocycles. The molecule has 8 heteroatoms. The van der Waals surface area contributed by atoms with E-state index in [-0.39, 0.29) is 36.4 Å². The highest BCUT2D eigenvalue weighted by Gasteiger charge is 2.18. The summed E-state index contributed by atoms with van der Waals surface area (Å²) in [6.07, 6.45) is 0. The molecule has 1 saturated heterocycles. The van der Waals surface area contributed by atoms with Gasteiger partial charge in [0.2, 0.25) is 5.91 Å². The van der Waals surface area contributed by atoms with E-state index in [1.54, 1.807) is 0 Å². The predicted octanol–water partition coefficient (Wildman–Crippen LogP) is 3.03. The van der Waals surface area contributed by atoms with Gasteiger partial charge in [0.1, 0.15) is 6.54 Å². The number of anilines is 2. The largest absolute Gasteiger partial charge is 0.370 e. The normalized spacial score (nSPS) is 14.5. The molecule has 0 aliphatic carbocycles. The molecule has 1 fully saturated rings. The van der Waals surface area contributed by atoms with Gasteiger partial charge in [-0.2, -0.15) is 0 Å². The van der Waals surface area contributed by atoms with Crippen LogP contribution in [-0.2, 0) is 4.79 Å². The van der Waals surface area contributed by atoms with Crippen LogP contribution in [-0.4, -0.2) is 49.5 Å². The first-order valence-corrected chi connectivity index (χ1v) is 8.90. The number of carbonyl (C=O) groups is 1. The summed E-state index contributed by atoms with van der Waals surface area (Å²) in [5.74, 6) is 0.225. The van der Waals surface area contributed by atoms with Gasteiger partial charge in [-0.3, -0.25) is 4.79 Å². The zero-order valence-corrected chi connectivity index (χ0v) is 17.9. The number of hydrogen-bond donors (Lipinski definition) is 2. The molecule has 2 aromatic rings. The number of benzene rings is 2. The summed E-state index contributed by atoms with van der Waals surface area (Å²) in [4.78, 5) is 20.5. The van der Waals surface area contributed by atoms with Gasteiger partial charge in [0.25, 0.3) is 0 Å². The molecule has 3 rings (SSSR count). The van der Waals surface area contributed by atoms with Crippen LogP contribution in [0.5, 0.6) is 0 Å². The lowest BCUT2D eigenvalue weighted by Crippen LogP contribution is -2.51. The van der Waals surface area contributed by atoms with Gasteiger partial charge < -0.3 is 20.9 Å². The summed E-state index contributed by atoms with van der Waals surface area (Å²) in [5, 5.41) is 3.53. The fraction of sp³-hybridized carbons (Fsp3) is 0.263. The Kier molecular flexibility index (Phi) is 8.18. The quantitative estimate of drug-likeness (QED) is 0.385. The van der Waals surface area contributed by atoms with Crippen molar-refractivity contribution >= 4 is 58.8 Å². The number of aliphatic imine (C=N–C) groups is 1. The third-order valence-electron chi connectivity index (χ3n) is 4.24. The maximum absolute atomic E-state index is 12.0. The molecular formula is C19H23ClIN5O. The molecule has 27 heavy (non-hydrogen) atoms. The van der Waals surface area contributed by atoms with Gasteiger partial charge >= 0.3 is 0 Å². The third kappa shape index (κ3) is 6.28. The lowest BCUT2D eigenvalue weighted by molar-refractivity contribution is -0.114. The van der Waals surface area contributed by atoms with E-state index < -0.39 is 0 Å². The van der Waals surface area contributed by atoms with Gasteiger partial charge in [-0.15, -0.1) is 24.0 Å². The van der Waals surface area contributed by atoms with Crippen LogP contribution >= 0.6 is 35.6 Å². The number of piperazine rings is 1. The highest BCUT2D eigenvalue weighted by molar-refractivity contribution is 14.0. The third-order valence-corrected chi connectivity index (χ3v) is 4.49. The molecule has 6 nitrogen and oxygen atoms in total. The summed E-state index contributed by atoms with van der Waals surface area (Å²) >= 11 is 5.94. The first-order valence-electron chi connectivity index (χ1n) is 8.52. The minimum Gasteiger partial charge on any atom is -0.370 e. The summed E-state index contributed by atoms with van der Waals surface area (Å²) in [7, 11) is 0. The number of guanidine groups is 1. The van der Waals surface area contributed by atoms with Crippen LogP contribution in [0.2, 0.25) is 5.02 Å². The van der Waals surface area contributed by atoms with E-state index in [0.29, 0.717) is 5.96 Å². The molecule has 1 aliphatic heterocycles. The van der Waals surface area contributed by atoms with Crippen molar-refractivity contribution in [3.05, 3.63) is 59.6 Å². The van der Waals surface area contributed by atoms with Crippen LogP contribution in [0.15, 0.2) is 59.6 Å². The van der Waals surface area contributed by atoms with Crippen LogP contribution in [0.4, 0.5) is 11.4 Å². The van der Waals surface area contributed by atoms with Crippen LogP contribution in [0, 0.1) is 0 Å². The first-order chi connectivity index (χ1) is 12.6. The smallest absolute Gasteiger partial charge is 0.246 e. The molecule has 0 atom stereocenters. The molecule has 0 unspecified atom stereocenters. The average Bonchev–Trinajstić information content (AvgIpc) is 2.68. The Morgan fingerprint density at radius 1 is 1.04 bits per heavy atom. The topological polar surface area (TPSA) is 74.0 Å². The summed E-state index contributed by atoms with van der Waals surface area (Å²) < 4.78 is 0. The van der Waals surface area contributed by atoms with Crippen LogP contribution < -0.4 is 16.0 Å². The van der Waals surface area contributed by atoms with E-state index >= 15 is 0 Å². The van der Waals surface area contributed by atoms with Crippen molar-refractivity contribution in [2.45, 2.75) is 0 Å². The van der Waals surface area contributed by atoms with Crippen LogP contribution in [0.1, 0.15) is 0 Å². The molecule has 144 valence electrons. The minimum atomic E-state index is -0.182. The Morgan fingerprint density at radius 3 is 2.30 bits per heavy atom. The van der Waals surface area contributed by atoms with Crippen LogP contribution in [0.3, 0.4) is 0 Å². The van der Waals surface area contributed by atoms with Crippen molar-refractivity contribution in [3.8, 4) is 0 Å². The maximum Gasteiger partial charge on any atom is 0.246 e. The van der Waals surface area contributed by atoms with Crippen molar-refractivity contribution < 1.29 is 4.79 Å². The number of nitrogens with one attached hydrogen (secondary N) is 1. The van der Waals surface area contributed by atoms with Gasteiger partial charge in [0.15, 0.2) is 5.96 Å². The van der Waals surface area contributed by atoms with Gasteiger partial charge in [0.05, 0.1) is 0 Å². The molecule has 2 aromatic carbocycles. The Balaban J connectivity index is 0.00000261. The van der Waals surface area contributed by atoms with Crippen molar-refractivity contribution in [2.75, 3.05) is 42.9 Å². The number of nitrogens with two attached hydrogens (primary N) is 1. The SMILES string of the molecule is I.NC(=NCC(=O)Nc1ccccc1)N1CCN(c2ccc(Cl)cc2)CC1. The Hall–Kier alpha value is -2.00. The number of rotatable bonds is 4. The second-order valence-electron chi connectivity index (χ2n) is 6.04. The zero-order chi connectivity index (χ0) is 18.4. The highest BCUT2D eigenvalue weighted by atomic mass is 127. The van der Waals surface area contributed by atoms with Gasteiger partial charge in [0, 0.05) is 42.6 Å². The summed E-state index contributed by atoms with van der Waals surface area (Å²) in [6.45, 7) is 3.22. The fourth-order valence-electron chi connectivity index (χ4n) is 2.82. The Labute approximate surface area is 181 Å². The van der Waals surface area contributed by atoms with E-state index in [9.17, 15) is 4.79 Å². The van der Waals surface area contributed by atoms with E-state index in [0.717, 1.165) is 42.6 Å². The van der Waals surface area contributed by atoms with Crippen molar-refractivity contribution in [3.63, 3.8) is 0 Å². The summed E-state index contributed by atoms with van der Waals surface area (Å²) in [5.41, 5.74) is 7.95. The van der Waals surface area contributed by atoms with E-state index in [1.165, 1.54) is 0 Å². The van der Waals surface area contributed by atoms with Gasteiger partial charge in [-0.1, -0.05) is 29.8 Å². The van der Waals surface area contributed by atoms with E-state index in [2.05, 4.69) is 15.2 Å². The standard InChI is InChI=1S/C19H22ClN5O.HI/c20-15-6-8-17(9-7-15)24-10-12-25(13-11-24)19(21)22-14-18(26)23-16-4-2-1-3-5-16;/h1-9H,10-14H2,(H2,21,22)(H,23,26);1H. The molecule has 0 spiro atoms. The number of halogens is 2. The van der Waals surface area contributed by atoms with Gasteiger partial charge in [-0.05, 0) is 36.4 Å². The fourth-order valence-corrected chi connectivity index (χ4v) is 2.95. The number of para-hydroxylation sites is 1. The predicted molar refractivity (Wildman–Crippen MR) is 122 cm³/mol. The number of hydrogen-bond acceptors (Lipinski definition) is 3. The molecule has 0 saturated carbocycles. The number of nitrogens with zero attached hydrogens (tertiary/aromatic N) is 3. The second kappa shape index (κ2) is 10.4. The molecular weight excluding hydrogens is 477 g/mol. The lowest BCUT2D eigenvalue weighted by Gasteiger charge is -2.36. The lowest BCUT2D eigenvalue weighted by atomic mass is 10.2. The van der Waals surface area contributed by atoms with Crippen molar-refractivity contribution in [1.82, 2.24) is 4.90 Å². The molecule has 1 amide bonds. The molecule has 0 bridgehead atoms. The maximum atomic E-state index is 12.0. The molecule has 0 radical (unpaired) electrons.